The Kier molecular flexibility index (Phi) is 6.82. The molecule has 1 aliphatic heterocycles. The van der Waals surface area contributed by atoms with Gasteiger partial charge in [0, 0.05) is 30.2 Å². The van der Waals surface area contributed by atoms with Gasteiger partial charge in [-0.25, -0.2) is 18.2 Å². The van der Waals surface area contributed by atoms with Gasteiger partial charge in [-0.05, 0) is 38.0 Å². The Morgan fingerprint density at radius 1 is 1.15 bits per heavy atom. The van der Waals surface area contributed by atoms with Crippen LogP contribution < -0.4 is 10.3 Å². The fourth-order valence-corrected chi connectivity index (χ4v) is 6.41. The Morgan fingerprint density at radius 2 is 1.88 bits per heavy atom. The first-order valence-corrected chi connectivity index (χ1v) is 13.0. The van der Waals surface area contributed by atoms with Crippen LogP contribution in [0.1, 0.15) is 47.4 Å². The number of benzene rings is 1. The molecule has 11 heteroatoms. The van der Waals surface area contributed by atoms with Crippen LogP contribution in [0, 0.1) is 6.92 Å². The van der Waals surface area contributed by atoms with Gasteiger partial charge in [-0.3, -0.25) is 9.20 Å². The molecule has 0 unspecified atom stereocenters. The fraction of sp³-hybridized carbons (Fsp3) is 0.409. The van der Waals surface area contributed by atoms with Crippen molar-refractivity contribution in [3.63, 3.8) is 0 Å². The van der Waals surface area contributed by atoms with Crippen molar-refractivity contribution in [1.29, 1.82) is 0 Å². The molecule has 0 radical (unpaired) electrons. The SMILES string of the molecule is COc1ccc(C(=O)OCc2cc(=O)n3c(C)csc3n2)cc1S(=O)(=O)N1CCCCCC1. The van der Waals surface area contributed by atoms with Crippen LogP contribution in [0.3, 0.4) is 0 Å². The Hall–Kier alpha value is -2.76. The third-order valence-electron chi connectivity index (χ3n) is 5.56. The molecule has 0 N–H and O–H groups in total. The molecule has 3 aromatic rings. The van der Waals surface area contributed by atoms with Crippen molar-refractivity contribution in [1.82, 2.24) is 13.7 Å². The molecule has 33 heavy (non-hydrogen) atoms. The number of rotatable bonds is 6. The molecule has 2 aromatic heterocycles. The summed E-state index contributed by atoms with van der Waals surface area (Å²) in [6.45, 7) is 2.48. The van der Waals surface area contributed by atoms with Crippen LogP contribution in [0.25, 0.3) is 4.96 Å². The van der Waals surface area contributed by atoms with E-state index in [2.05, 4.69) is 4.98 Å². The monoisotopic (exact) mass is 491 g/mol. The second-order valence-corrected chi connectivity index (χ2v) is 10.6. The van der Waals surface area contributed by atoms with Crippen molar-refractivity contribution in [2.24, 2.45) is 0 Å². The van der Waals surface area contributed by atoms with Crippen LogP contribution in [0.4, 0.5) is 0 Å². The number of aryl methyl sites for hydroxylation is 1. The smallest absolute Gasteiger partial charge is 0.338 e. The highest BCUT2D eigenvalue weighted by molar-refractivity contribution is 7.89. The van der Waals surface area contributed by atoms with E-state index in [1.165, 1.54) is 51.4 Å². The molecule has 0 spiro atoms. The zero-order chi connectivity index (χ0) is 23.6. The molecule has 1 aromatic carbocycles. The summed E-state index contributed by atoms with van der Waals surface area (Å²) in [5, 5.41) is 1.82. The molecule has 0 atom stereocenters. The fourth-order valence-electron chi connectivity index (χ4n) is 3.82. The quantitative estimate of drug-likeness (QED) is 0.488. The third kappa shape index (κ3) is 4.80. The van der Waals surface area contributed by atoms with Crippen LogP contribution in [0.5, 0.6) is 5.75 Å². The van der Waals surface area contributed by atoms with E-state index in [1.807, 2.05) is 12.3 Å². The van der Waals surface area contributed by atoms with Crippen molar-refractivity contribution in [3.05, 3.63) is 57.0 Å². The summed E-state index contributed by atoms with van der Waals surface area (Å²) in [4.78, 5) is 29.8. The summed E-state index contributed by atoms with van der Waals surface area (Å²) in [5.41, 5.74) is 0.933. The number of hydrogen-bond donors (Lipinski definition) is 0. The lowest BCUT2D eigenvalue weighted by molar-refractivity contribution is 0.0467. The average molecular weight is 492 g/mol. The lowest BCUT2D eigenvalue weighted by atomic mass is 10.2. The standard InChI is InChI=1S/C22H25N3O6S2/c1-15-14-32-22-23-17(12-20(26)25(15)22)13-31-21(27)16-7-8-18(30-2)19(11-16)33(28,29)24-9-5-3-4-6-10-24/h7-8,11-12,14H,3-6,9-10,13H2,1-2H3. The summed E-state index contributed by atoms with van der Waals surface area (Å²) < 4.78 is 40.1. The first-order chi connectivity index (χ1) is 15.8. The number of hydrogen-bond acceptors (Lipinski definition) is 8. The summed E-state index contributed by atoms with van der Waals surface area (Å²) in [5.74, 6) is -0.543. The number of esters is 1. The molecule has 0 aliphatic carbocycles. The van der Waals surface area contributed by atoms with Crippen LogP contribution >= 0.6 is 11.3 Å². The van der Waals surface area contributed by atoms with Gasteiger partial charge in [-0.2, -0.15) is 4.31 Å². The van der Waals surface area contributed by atoms with Crippen molar-refractivity contribution in [2.45, 2.75) is 44.1 Å². The molecule has 9 nitrogen and oxygen atoms in total. The predicted octanol–water partition coefficient (Wildman–Crippen LogP) is 2.99. The zero-order valence-electron chi connectivity index (χ0n) is 18.4. The molecule has 0 bridgehead atoms. The van der Waals surface area contributed by atoms with E-state index >= 15 is 0 Å². The molecule has 176 valence electrons. The summed E-state index contributed by atoms with van der Waals surface area (Å²) in [6, 6.07) is 5.52. The minimum atomic E-state index is -3.83. The molecular formula is C22H25N3O6S2. The van der Waals surface area contributed by atoms with Crippen molar-refractivity contribution >= 4 is 32.3 Å². The Bertz CT molecular complexity index is 1340. The molecule has 0 amide bonds. The molecule has 4 rings (SSSR count). The zero-order valence-corrected chi connectivity index (χ0v) is 20.1. The molecule has 1 fully saturated rings. The summed E-state index contributed by atoms with van der Waals surface area (Å²) in [6.07, 6.45) is 3.57. The lowest BCUT2D eigenvalue weighted by Crippen LogP contribution is -2.32. The normalized spacial score (nSPS) is 15.3. The molecule has 1 aliphatic rings. The first kappa shape index (κ1) is 23.4. The van der Waals surface area contributed by atoms with Crippen molar-refractivity contribution < 1.29 is 22.7 Å². The topological polar surface area (TPSA) is 107 Å². The van der Waals surface area contributed by atoms with E-state index in [9.17, 15) is 18.0 Å². The van der Waals surface area contributed by atoms with Gasteiger partial charge >= 0.3 is 5.97 Å². The Labute approximate surface area is 195 Å². The van der Waals surface area contributed by atoms with E-state index < -0.39 is 16.0 Å². The molecule has 0 saturated carbocycles. The van der Waals surface area contributed by atoms with Gasteiger partial charge in [0.15, 0.2) is 4.96 Å². The second-order valence-electron chi connectivity index (χ2n) is 7.84. The van der Waals surface area contributed by atoms with Gasteiger partial charge in [-0.15, -0.1) is 11.3 Å². The van der Waals surface area contributed by atoms with Crippen molar-refractivity contribution in [2.75, 3.05) is 20.2 Å². The molecular weight excluding hydrogens is 466 g/mol. The van der Waals surface area contributed by atoms with E-state index in [-0.39, 0.29) is 28.4 Å². The largest absolute Gasteiger partial charge is 0.495 e. The number of methoxy groups -OCH3 is 1. The van der Waals surface area contributed by atoms with Crippen molar-refractivity contribution in [3.8, 4) is 5.75 Å². The lowest BCUT2D eigenvalue weighted by Gasteiger charge is -2.21. The van der Waals surface area contributed by atoms with Crippen LogP contribution in [0.2, 0.25) is 0 Å². The van der Waals surface area contributed by atoms with Gasteiger partial charge in [0.1, 0.15) is 17.3 Å². The predicted molar refractivity (Wildman–Crippen MR) is 123 cm³/mol. The summed E-state index contributed by atoms with van der Waals surface area (Å²) in [7, 11) is -2.44. The van der Waals surface area contributed by atoms with Gasteiger partial charge in [0.2, 0.25) is 10.0 Å². The minimum Gasteiger partial charge on any atom is -0.495 e. The number of carbonyl (C=O) groups is 1. The maximum atomic E-state index is 13.3. The maximum Gasteiger partial charge on any atom is 0.338 e. The Morgan fingerprint density at radius 3 is 2.58 bits per heavy atom. The third-order valence-corrected chi connectivity index (χ3v) is 8.43. The molecule has 3 heterocycles. The highest BCUT2D eigenvalue weighted by Crippen LogP contribution is 2.29. The number of sulfonamides is 1. The highest BCUT2D eigenvalue weighted by Gasteiger charge is 2.29. The second kappa shape index (κ2) is 9.62. The Balaban J connectivity index is 1.56. The first-order valence-electron chi connectivity index (χ1n) is 10.6. The number of thiazole rings is 1. The average Bonchev–Trinajstić information content (AvgIpc) is 3.00. The van der Waals surface area contributed by atoms with Gasteiger partial charge in [-0.1, -0.05) is 12.8 Å². The number of carbonyl (C=O) groups excluding carboxylic acids is 1. The number of fused-ring (bicyclic) bond motifs is 1. The van der Waals surface area contributed by atoms with E-state index in [0.29, 0.717) is 23.7 Å². The minimum absolute atomic E-state index is 0.0619. The van der Waals surface area contributed by atoms with E-state index in [4.69, 9.17) is 9.47 Å². The van der Waals surface area contributed by atoms with Gasteiger partial charge < -0.3 is 9.47 Å². The number of nitrogens with zero attached hydrogens (tertiary/aromatic N) is 3. The maximum absolute atomic E-state index is 13.3. The molecule has 1 saturated heterocycles. The number of ether oxygens (including phenoxy) is 2. The number of aromatic nitrogens is 2. The van der Waals surface area contributed by atoms with Gasteiger partial charge in [0.05, 0.1) is 18.4 Å². The van der Waals surface area contributed by atoms with Gasteiger partial charge in [0.25, 0.3) is 5.56 Å². The summed E-state index contributed by atoms with van der Waals surface area (Å²) >= 11 is 1.32. The van der Waals surface area contributed by atoms with E-state index in [0.717, 1.165) is 31.4 Å². The van der Waals surface area contributed by atoms with Crippen LogP contribution in [-0.4, -0.2) is 48.3 Å². The highest BCUT2D eigenvalue weighted by atomic mass is 32.2. The van der Waals surface area contributed by atoms with E-state index in [1.54, 1.807) is 0 Å². The van der Waals surface area contributed by atoms with Crippen LogP contribution in [-0.2, 0) is 21.4 Å². The van der Waals surface area contributed by atoms with Crippen LogP contribution in [0.15, 0.2) is 39.3 Å².